The summed E-state index contributed by atoms with van der Waals surface area (Å²) in [6, 6.07) is 13.8. The first-order valence-corrected chi connectivity index (χ1v) is 9.04. The van der Waals surface area contributed by atoms with E-state index in [1.807, 2.05) is 24.3 Å². The highest BCUT2D eigenvalue weighted by molar-refractivity contribution is 8.01. The largest absolute Gasteiger partial charge is 0.545 e. The summed E-state index contributed by atoms with van der Waals surface area (Å²) in [5.74, 6) is -1.27. The number of hydrogen-bond acceptors (Lipinski definition) is 7. The fourth-order valence-electron chi connectivity index (χ4n) is 1.96. The maximum Gasteiger partial charge on any atom is 0.250 e. The van der Waals surface area contributed by atoms with Crippen LogP contribution in [0.3, 0.4) is 0 Å². The van der Waals surface area contributed by atoms with Crippen LogP contribution in [0.4, 0.5) is 0 Å². The van der Waals surface area contributed by atoms with Crippen molar-refractivity contribution in [2.45, 2.75) is 4.34 Å². The number of aromatic nitrogens is 1. The number of benzene rings is 2. The van der Waals surface area contributed by atoms with Gasteiger partial charge in [0.15, 0.2) is 4.34 Å². The van der Waals surface area contributed by atoms with Crippen LogP contribution in [0.5, 0.6) is 0 Å². The van der Waals surface area contributed by atoms with E-state index in [-0.39, 0.29) is 17.2 Å². The first kappa shape index (κ1) is 17.1. The second-order valence-electron chi connectivity index (χ2n) is 4.94. The Morgan fingerprint density at radius 1 is 1.20 bits per heavy atom. The minimum absolute atomic E-state index is 0.0911. The van der Waals surface area contributed by atoms with Gasteiger partial charge in [-0.25, -0.2) is 10.4 Å². The first-order valence-electron chi connectivity index (χ1n) is 7.23. The van der Waals surface area contributed by atoms with Gasteiger partial charge in [0.1, 0.15) is 0 Å². The Hall–Kier alpha value is -2.71. The highest BCUT2D eigenvalue weighted by Crippen LogP contribution is 2.28. The highest BCUT2D eigenvalue weighted by atomic mass is 32.2. The number of thioether (sulfide) groups is 1. The first-order chi connectivity index (χ1) is 12.1. The number of carboxylic acid groups (broad SMARTS) is 1. The zero-order valence-corrected chi connectivity index (χ0v) is 14.5. The SMILES string of the molecule is O=C(CSc1nc2ccccc2s1)N/N=C/c1ccc(C(=O)[O-])cc1. The second kappa shape index (κ2) is 7.91. The molecular weight excluding hydrogens is 358 g/mol. The van der Waals surface area contributed by atoms with Gasteiger partial charge in [0.25, 0.3) is 5.91 Å². The maximum absolute atomic E-state index is 11.8. The topological polar surface area (TPSA) is 94.5 Å². The molecule has 0 fully saturated rings. The van der Waals surface area contributed by atoms with Crippen LogP contribution in [0.1, 0.15) is 15.9 Å². The lowest BCUT2D eigenvalue weighted by atomic mass is 10.1. The second-order valence-corrected chi connectivity index (χ2v) is 7.19. The Balaban J connectivity index is 1.49. The number of thiazole rings is 1. The summed E-state index contributed by atoms with van der Waals surface area (Å²) in [6.07, 6.45) is 1.44. The fourth-order valence-corrected chi connectivity index (χ4v) is 3.82. The van der Waals surface area contributed by atoms with Gasteiger partial charge < -0.3 is 9.90 Å². The van der Waals surface area contributed by atoms with Crippen molar-refractivity contribution in [3.63, 3.8) is 0 Å². The molecule has 1 aromatic heterocycles. The zero-order valence-electron chi connectivity index (χ0n) is 12.8. The van der Waals surface area contributed by atoms with E-state index in [2.05, 4.69) is 15.5 Å². The van der Waals surface area contributed by atoms with Crippen LogP contribution >= 0.6 is 23.1 Å². The lowest BCUT2D eigenvalue weighted by Crippen LogP contribution is -2.22. The van der Waals surface area contributed by atoms with E-state index in [9.17, 15) is 14.7 Å². The van der Waals surface area contributed by atoms with E-state index in [0.717, 1.165) is 14.6 Å². The van der Waals surface area contributed by atoms with Crippen LogP contribution in [0.15, 0.2) is 58.0 Å². The number of amides is 1. The number of aromatic carboxylic acids is 1. The van der Waals surface area contributed by atoms with Crippen LogP contribution < -0.4 is 10.5 Å². The number of nitrogens with zero attached hydrogens (tertiary/aromatic N) is 2. The Kier molecular flexibility index (Phi) is 5.42. The average molecular weight is 370 g/mol. The standard InChI is InChI=1S/C17H13N3O3S2/c21-15(10-24-17-19-13-3-1-2-4-14(13)25-17)20-18-9-11-5-7-12(8-6-11)16(22)23/h1-9H,10H2,(H,20,21)(H,22,23)/p-1/b18-9+. The molecule has 0 aliphatic heterocycles. The zero-order chi connectivity index (χ0) is 17.6. The summed E-state index contributed by atoms with van der Waals surface area (Å²) >= 11 is 2.90. The third-order valence-electron chi connectivity index (χ3n) is 3.15. The molecule has 0 atom stereocenters. The van der Waals surface area contributed by atoms with Crippen LogP contribution in [-0.4, -0.2) is 28.8 Å². The van der Waals surface area contributed by atoms with Crippen LogP contribution in [0, 0.1) is 0 Å². The molecule has 6 nitrogen and oxygen atoms in total. The van der Waals surface area contributed by atoms with E-state index in [4.69, 9.17) is 0 Å². The van der Waals surface area contributed by atoms with Crippen molar-refractivity contribution in [3.05, 3.63) is 59.7 Å². The Morgan fingerprint density at radius 2 is 1.96 bits per heavy atom. The van der Waals surface area contributed by atoms with Gasteiger partial charge in [0, 0.05) is 0 Å². The van der Waals surface area contributed by atoms with Gasteiger partial charge in [-0.3, -0.25) is 4.79 Å². The lowest BCUT2D eigenvalue weighted by Gasteiger charge is -2.01. The predicted octanol–water partition coefficient (Wildman–Crippen LogP) is 1.90. The molecule has 0 spiro atoms. The van der Waals surface area contributed by atoms with E-state index in [1.54, 1.807) is 23.5 Å². The van der Waals surface area contributed by atoms with Crippen LogP contribution in [-0.2, 0) is 4.79 Å². The number of nitrogens with one attached hydrogen (secondary N) is 1. The number of hydrogen-bond donors (Lipinski definition) is 1. The number of hydrazone groups is 1. The molecule has 0 radical (unpaired) electrons. The molecule has 0 saturated heterocycles. The number of carbonyl (C=O) groups excluding carboxylic acids is 2. The molecule has 126 valence electrons. The summed E-state index contributed by atoms with van der Waals surface area (Å²) in [4.78, 5) is 26.9. The van der Waals surface area contributed by atoms with E-state index in [1.165, 1.54) is 30.1 Å². The van der Waals surface area contributed by atoms with Crippen LogP contribution in [0.2, 0.25) is 0 Å². The van der Waals surface area contributed by atoms with Gasteiger partial charge in [0.2, 0.25) is 0 Å². The van der Waals surface area contributed by atoms with Crippen LogP contribution in [0.25, 0.3) is 10.2 Å². The third-order valence-corrected chi connectivity index (χ3v) is 5.33. The molecule has 0 bridgehead atoms. The van der Waals surface area contributed by atoms with E-state index < -0.39 is 5.97 Å². The van der Waals surface area contributed by atoms with Gasteiger partial charge in [0.05, 0.1) is 28.2 Å². The van der Waals surface area contributed by atoms with Crippen molar-refractivity contribution in [3.8, 4) is 0 Å². The average Bonchev–Trinajstić information content (AvgIpc) is 3.03. The molecule has 0 aliphatic carbocycles. The number of rotatable bonds is 6. The molecular formula is C17H12N3O3S2-. The van der Waals surface area contributed by atoms with E-state index >= 15 is 0 Å². The molecule has 3 aromatic rings. The molecule has 1 N–H and O–H groups in total. The molecule has 0 aliphatic rings. The van der Waals surface area contributed by atoms with E-state index in [0.29, 0.717) is 5.56 Å². The quantitative estimate of drug-likeness (QED) is 0.406. The summed E-state index contributed by atoms with van der Waals surface area (Å²) in [5.41, 5.74) is 4.12. The Morgan fingerprint density at radius 3 is 2.68 bits per heavy atom. The van der Waals surface area contributed by atoms with Gasteiger partial charge in [-0.15, -0.1) is 11.3 Å². The predicted molar refractivity (Wildman–Crippen MR) is 96.9 cm³/mol. The Labute approximate surface area is 151 Å². The van der Waals surface area contributed by atoms with Gasteiger partial charge in [-0.05, 0) is 23.3 Å². The minimum Gasteiger partial charge on any atom is -0.545 e. The van der Waals surface area contributed by atoms with Crippen molar-refractivity contribution in [2.75, 3.05) is 5.75 Å². The molecule has 0 saturated carbocycles. The highest BCUT2D eigenvalue weighted by Gasteiger charge is 2.06. The van der Waals surface area contributed by atoms with Gasteiger partial charge >= 0.3 is 0 Å². The summed E-state index contributed by atoms with van der Waals surface area (Å²) in [5, 5.41) is 14.5. The summed E-state index contributed by atoms with van der Waals surface area (Å²) in [7, 11) is 0. The van der Waals surface area contributed by atoms with Gasteiger partial charge in [-0.2, -0.15) is 5.10 Å². The monoisotopic (exact) mass is 370 g/mol. The molecule has 8 heteroatoms. The normalized spacial score (nSPS) is 11.0. The molecule has 1 heterocycles. The van der Waals surface area contributed by atoms with Crippen molar-refractivity contribution in [1.29, 1.82) is 0 Å². The molecule has 1 amide bonds. The fraction of sp³-hybridized carbons (Fsp3) is 0.0588. The molecule has 0 unspecified atom stereocenters. The Bertz CT molecular complexity index is 903. The smallest absolute Gasteiger partial charge is 0.250 e. The summed E-state index contributed by atoms with van der Waals surface area (Å²) < 4.78 is 1.92. The maximum atomic E-state index is 11.8. The number of carbonyl (C=O) groups is 2. The third kappa shape index (κ3) is 4.65. The van der Waals surface area contributed by atoms with Crippen molar-refractivity contribution in [1.82, 2.24) is 10.4 Å². The lowest BCUT2D eigenvalue weighted by molar-refractivity contribution is -0.255. The molecule has 25 heavy (non-hydrogen) atoms. The minimum atomic E-state index is -1.23. The van der Waals surface area contributed by atoms with Crippen molar-refractivity contribution < 1.29 is 14.7 Å². The number of carboxylic acids is 1. The van der Waals surface area contributed by atoms with Crippen molar-refractivity contribution in [2.24, 2.45) is 5.10 Å². The number of para-hydroxylation sites is 1. The molecule has 2 aromatic carbocycles. The number of fused-ring (bicyclic) bond motifs is 1. The van der Waals surface area contributed by atoms with Crippen molar-refractivity contribution >= 4 is 51.4 Å². The molecule has 3 rings (SSSR count). The van der Waals surface area contributed by atoms with Gasteiger partial charge in [-0.1, -0.05) is 48.2 Å². The summed E-state index contributed by atoms with van der Waals surface area (Å²) in [6.45, 7) is 0.